The van der Waals surface area contributed by atoms with Gasteiger partial charge in [0.25, 0.3) is 11.5 Å². The zero-order valence-corrected chi connectivity index (χ0v) is 16.5. The van der Waals surface area contributed by atoms with Gasteiger partial charge in [0, 0.05) is 17.8 Å². The molecule has 28 heavy (non-hydrogen) atoms. The molecular formula is C20H19N3O4S. The lowest BCUT2D eigenvalue weighted by molar-refractivity contribution is 0.0600. The number of aromatic amines is 1. The lowest BCUT2D eigenvalue weighted by atomic mass is 10.1. The van der Waals surface area contributed by atoms with Crippen molar-refractivity contribution in [3.05, 3.63) is 68.2 Å². The number of aryl methyl sites for hydroxylation is 1. The van der Waals surface area contributed by atoms with Crippen LogP contribution in [0.4, 0.5) is 5.69 Å². The number of esters is 1. The summed E-state index contributed by atoms with van der Waals surface area (Å²) in [6.07, 6.45) is 0. The quantitative estimate of drug-likeness (QED) is 0.520. The predicted molar refractivity (Wildman–Crippen MR) is 110 cm³/mol. The van der Waals surface area contributed by atoms with Crippen LogP contribution in [0.3, 0.4) is 0 Å². The van der Waals surface area contributed by atoms with Crippen molar-refractivity contribution >= 4 is 40.7 Å². The molecule has 2 N–H and O–H groups in total. The molecule has 0 spiro atoms. The van der Waals surface area contributed by atoms with Crippen LogP contribution >= 0.6 is 12.2 Å². The lowest BCUT2D eigenvalue weighted by Gasteiger charge is -2.11. The third-order valence-corrected chi connectivity index (χ3v) is 4.79. The smallest absolute Gasteiger partial charge is 0.337 e. The number of carbonyl (C=O) groups is 2. The summed E-state index contributed by atoms with van der Waals surface area (Å²) in [5.74, 6) is -0.855. The van der Waals surface area contributed by atoms with E-state index in [-0.39, 0.29) is 11.5 Å². The van der Waals surface area contributed by atoms with Crippen molar-refractivity contribution in [2.45, 2.75) is 20.4 Å². The van der Waals surface area contributed by atoms with Crippen molar-refractivity contribution < 1.29 is 14.3 Å². The number of hydrogen-bond donors (Lipinski definition) is 2. The van der Waals surface area contributed by atoms with Gasteiger partial charge in [0.2, 0.25) is 0 Å². The van der Waals surface area contributed by atoms with E-state index in [1.54, 1.807) is 36.4 Å². The Labute approximate surface area is 166 Å². The van der Waals surface area contributed by atoms with Crippen molar-refractivity contribution in [3.8, 4) is 0 Å². The van der Waals surface area contributed by atoms with Crippen LogP contribution in [0.2, 0.25) is 0 Å². The number of ether oxygens (including phenoxy) is 1. The standard InChI is InChI=1S/C20H19N3O4S/c1-4-23-18(25)14-8-7-12(9-16(14)22-20(23)28)17(24)21-15-10-13(19(26)27-3)6-5-11(15)2/h5-10H,4H2,1-3H3,(H,21,24)(H,22,28). The second kappa shape index (κ2) is 7.77. The Morgan fingerprint density at radius 3 is 2.57 bits per heavy atom. The number of nitrogens with zero attached hydrogens (tertiary/aromatic N) is 1. The van der Waals surface area contributed by atoms with E-state index in [4.69, 9.17) is 17.0 Å². The Morgan fingerprint density at radius 1 is 1.18 bits per heavy atom. The summed E-state index contributed by atoms with van der Waals surface area (Å²) in [7, 11) is 1.30. The molecule has 0 saturated carbocycles. The maximum absolute atomic E-state index is 12.7. The van der Waals surface area contributed by atoms with E-state index in [0.717, 1.165) is 5.56 Å². The van der Waals surface area contributed by atoms with Crippen LogP contribution in [0.25, 0.3) is 10.9 Å². The molecule has 8 heteroatoms. The van der Waals surface area contributed by atoms with E-state index in [9.17, 15) is 14.4 Å². The van der Waals surface area contributed by atoms with E-state index in [1.165, 1.54) is 11.7 Å². The Morgan fingerprint density at radius 2 is 1.89 bits per heavy atom. The first-order chi connectivity index (χ1) is 13.3. The third-order valence-electron chi connectivity index (χ3n) is 4.47. The fourth-order valence-corrected chi connectivity index (χ4v) is 3.20. The molecule has 1 heterocycles. The largest absolute Gasteiger partial charge is 0.465 e. The fraction of sp³-hybridized carbons (Fsp3) is 0.200. The van der Waals surface area contributed by atoms with Crippen LogP contribution in [0.15, 0.2) is 41.2 Å². The molecule has 0 fully saturated rings. The molecule has 7 nitrogen and oxygen atoms in total. The van der Waals surface area contributed by atoms with Crippen LogP contribution in [0.5, 0.6) is 0 Å². The maximum Gasteiger partial charge on any atom is 0.337 e. The number of anilines is 1. The molecule has 0 unspecified atom stereocenters. The third kappa shape index (κ3) is 3.59. The summed E-state index contributed by atoms with van der Waals surface area (Å²) in [6, 6.07) is 9.68. The molecule has 2 aromatic carbocycles. The van der Waals surface area contributed by atoms with Crippen molar-refractivity contribution in [1.82, 2.24) is 9.55 Å². The number of H-pyrrole nitrogens is 1. The summed E-state index contributed by atoms with van der Waals surface area (Å²) in [5.41, 5.74) is 2.29. The van der Waals surface area contributed by atoms with Gasteiger partial charge < -0.3 is 15.0 Å². The van der Waals surface area contributed by atoms with E-state index in [0.29, 0.717) is 39.0 Å². The van der Waals surface area contributed by atoms with Gasteiger partial charge in [0.15, 0.2) is 4.77 Å². The summed E-state index contributed by atoms with van der Waals surface area (Å²) >= 11 is 5.21. The van der Waals surface area contributed by atoms with Gasteiger partial charge in [-0.15, -0.1) is 0 Å². The van der Waals surface area contributed by atoms with Crippen LogP contribution in [0, 0.1) is 11.7 Å². The highest BCUT2D eigenvalue weighted by molar-refractivity contribution is 7.71. The molecule has 1 aromatic heterocycles. The predicted octanol–water partition coefficient (Wildman–Crippen LogP) is 3.43. The molecule has 3 aromatic rings. The maximum atomic E-state index is 12.7. The molecule has 0 atom stereocenters. The second-order valence-electron chi connectivity index (χ2n) is 6.22. The summed E-state index contributed by atoms with van der Waals surface area (Å²) in [4.78, 5) is 39.9. The molecule has 0 aliphatic carbocycles. The molecule has 0 radical (unpaired) electrons. The minimum atomic E-state index is -0.485. The van der Waals surface area contributed by atoms with Crippen molar-refractivity contribution in [3.63, 3.8) is 0 Å². The highest BCUT2D eigenvalue weighted by Crippen LogP contribution is 2.19. The van der Waals surface area contributed by atoms with Gasteiger partial charge in [0.1, 0.15) is 0 Å². The number of fused-ring (bicyclic) bond motifs is 1. The molecule has 0 bridgehead atoms. The van der Waals surface area contributed by atoms with Gasteiger partial charge in [0.05, 0.1) is 23.6 Å². The number of hydrogen-bond acceptors (Lipinski definition) is 5. The van der Waals surface area contributed by atoms with Gasteiger partial charge in [-0.1, -0.05) is 6.07 Å². The molecule has 3 rings (SSSR count). The van der Waals surface area contributed by atoms with Gasteiger partial charge in [-0.05, 0) is 62.0 Å². The van der Waals surface area contributed by atoms with Crippen LogP contribution in [0.1, 0.15) is 33.2 Å². The molecule has 0 saturated heterocycles. The minimum absolute atomic E-state index is 0.199. The van der Waals surface area contributed by atoms with Gasteiger partial charge in [-0.25, -0.2) is 4.79 Å². The van der Waals surface area contributed by atoms with Gasteiger partial charge in [-0.3, -0.25) is 14.2 Å². The summed E-state index contributed by atoms with van der Waals surface area (Å²) < 4.78 is 6.48. The molecule has 144 valence electrons. The highest BCUT2D eigenvalue weighted by Gasteiger charge is 2.13. The number of aromatic nitrogens is 2. The molecule has 1 amide bonds. The summed E-state index contributed by atoms with van der Waals surface area (Å²) in [5, 5.41) is 3.25. The first-order valence-corrected chi connectivity index (χ1v) is 9.03. The zero-order chi connectivity index (χ0) is 20.4. The lowest BCUT2D eigenvalue weighted by Crippen LogP contribution is -2.21. The van der Waals surface area contributed by atoms with E-state index in [2.05, 4.69) is 10.3 Å². The highest BCUT2D eigenvalue weighted by atomic mass is 32.1. The number of benzene rings is 2. The SMILES string of the molecule is CCn1c(=S)[nH]c2cc(C(=O)Nc3cc(C(=O)OC)ccc3C)ccc2c1=O. The summed E-state index contributed by atoms with van der Waals surface area (Å²) in [6.45, 7) is 4.12. The number of amides is 1. The Bertz CT molecular complexity index is 1210. The Hall–Kier alpha value is -3.26. The Balaban J connectivity index is 1.97. The van der Waals surface area contributed by atoms with Crippen molar-refractivity contribution in [1.29, 1.82) is 0 Å². The van der Waals surface area contributed by atoms with Crippen LogP contribution < -0.4 is 10.9 Å². The number of nitrogens with one attached hydrogen (secondary N) is 2. The molecule has 0 aliphatic rings. The van der Waals surface area contributed by atoms with E-state index in [1.807, 2.05) is 13.8 Å². The first kappa shape index (κ1) is 19.5. The number of rotatable bonds is 4. The van der Waals surface area contributed by atoms with E-state index < -0.39 is 5.97 Å². The fourth-order valence-electron chi connectivity index (χ4n) is 2.88. The Kier molecular flexibility index (Phi) is 5.41. The zero-order valence-electron chi connectivity index (χ0n) is 15.7. The van der Waals surface area contributed by atoms with Crippen LogP contribution in [-0.4, -0.2) is 28.5 Å². The van der Waals surface area contributed by atoms with Crippen molar-refractivity contribution in [2.75, 3.05) is 12.4 Å². The monoisotopic (exact) mass is 397 g/mol. The van der Waals surface area contributed by atoms with Crippen LogP contribution in [-0.2, 0) is 11.3 Å². The molecular weight excluding hydrogens is 378 g/mol. The van der Waals surface area contributed by atoms with E-state index >= 15 is 0 Å². The topological polar surface area (TPSA) is 93.2 Å². The van der Waals surface area contributed by atoms with Crippen molar-refractivity contribution in [2.24, 2.45) is 0 Å². The number of carbonyl (C=O) groups excluding carboxylic acids is 2. The average Bonchev–Trinajstić information content (AvgIpc) is 2.68. The second-order valence-corrected chi connectivity index (χ2v) is 6.60. The van der Waals surface area contributed by atoms with Gasteiger partial charge >= 0.3 is 5.97 Å². The average molecular weight is 397 g/mol. The molecule has 0 aliphatic heterocycles. The minimum Gasteiger partial charge on any atom is -0.465 e. The number of methoxy groups -OCH3 is 1. The normalized spacial score (nSPS) is 10.7. The first-order valence-electron chi connectivity index (χ1n) is 8.63. The van der Waals surface area contributed by atoms with Gasteiger partial charge in [-0.2, -0.15) is 0 Å².